The summed E-state index contributed by atoms with van der Waals surface area (Å²) in [5, 5.41) is 9.12. The number of hydrogen-bond acceptors (Lipinski definition) is 2. The first-order valence-corrected chi connectivity index (χ1v) is 6.41. The van der Waals surface area contributed by atoms with Crippen LogP contribution in [0.3, 0.4) is 0 Å². The predicted octanol–water partition coefficient (Wildman–Crippen LogP) is 3.17. The van der Waals surface area contributed by atoms with Crippen LogP contribution in [-0.2, 0) is 4.79 Å². The van der Waals surface area contributed by atoms with E-state index in [1.807, 2.05) is 11.8 Å². The van der Waals surface area contributed by atoms with Crippen molar-refractivity contribution in [1.82, 2.24) is 0 Å². The SMILES string of the molecule is Cc1ccc2c(c1)N(CC(=O)O)C(C)(C)CC2C. The maximum atomic E-state index is 11.1. The molecule has 3 nitrogen and oxygen atoms in total. The number of anilines is 1. The number of nitrogens with zero attached hydrogens (tertiary/aromatic N) is 1. The van der Waals surface area contributed by atoms with E-state index in [-0.39, 0.29) is 12.1 Å². The van der Waals surface area contributed by atoms with Gasteiger partial charge in [0.25, 0.3) is 0 Å². The normalized spacial score (nSPS) is 21.6. The molecule has 2 rings (SSSR count). The summed E-state index contributed by atoms with van der Waals surface area (Å²) >= 11 is 0. The number of aryl methyl sites for hydroxylation is 1. The molecule has 1 aliphatic heterocycles. The summed E-state index contributed by atoms with van der Waals surface area (Å²) < 4.78 is 0. The van der Waals surface area contributed by atoms with Crippen LogP contribution in [0, 0.1) is 6.92 Å². The third-order valence-corrected chi connectivity index (χ3v) is 3.84. The number of carbonyl (C=O) groups is 1. The molecule has 98 valence electrons. The molecule has 0 radical (unpaired) electrons. The highest BCUT2D eigenvalue weighted by molar-refractivity contribution is 5.76. The van der Waals surface area contributed by atoms with Crippen molar-refractivity contribution in [2.75, 3.05) is 11.4 Å². The van der Waals surface area contributed by atoms with Gasteiger partial charge in [-0.05, 0) is 50.3 Å². The first-order chi connectivity index (χ1) is 8.31. The number of carboxylic acids is 1. The van der Waals surface area contributed by atoms with Gasteiger partial charge in [0.15, 0.2) is 0 Å². The van der Waals surface area contributed by atoms with Crippen molar-refractivity contribution in [2.24, 2.45) is 0 Å². The summed E-state index contributed by atoms with van der Waals surface area (Å²) in [5.41, 5.74) is 3.41. The second-order valence-corrected chi connectivity index (χ2v) is 5.96. The molecule has 1 aliphatic rings. The van der Waals surface area contributed by atoms with E-state index >= 15 is 0 Å². The molecule has 1 unspecified atom stereocenters. The highest BCUT2D eigenvalue weighted by atomic mass is 16.4. The van der Waals surface area contributed by atoms with E-state index in [0.29, 0.717) is 5.92 Å². The number of aliphatic carboxylic acids is 1. The van der Waals surface area contributed by atoms with Crippen LogP contribution >= 0.6 is 0 Å². The first kappa shape index (κ1) is 12.9. The van der Waals surface area contributed by atoms with Gasteiger partial charge in [-0.3, -0.25) is 4.79 Å². The van der Waals surface area contributed by atoms with Crippen LogP contribution in [0.4, 0.5) is 5.69 Å². The van der Waals surface area contributed by atoms with Gasteiger partial charge < -0.3 is 10.0 Å². The summed E-state index contributed by atoms with van der Waals surface area (Å²) in [6.07, 6.45) is 0.982. The minimum atomic E-state index is -0.773. The molecule has 1 aromatic rings. The molecule has 0 aliphatic carbocycles. The molecule has 1 atom stereocenters. The zero-order valence-corrected chi connectivity index (χ0v) is 11.5. The van der Waals surface area contributed by atoms with E-state index in [2.05, 4.69) is 39.0 Å². The smallest absolute Gasteiger partial charge is 0.323 e. The van der Waals surface area contributed by atoms with E-state index in [4.69, 9.17) is 5.11 Å². The molecular formula is C15H21NO2. The van der Waals surface area contributed by atoms with E-state index in [1.165, 1.54) is 11.1 Å². The van der Waals surface area contributed by atoms with Gasteiger partial charge >= 0.3 is 5.97 Å². The standard InChI is InChI=1S/C15H21NO2/c1-10-5-6-12-11(2)8-15(3,4)16(9-14(17)18)13(12)7-10/h5-7,11H,8-9H2,1-4H3,(H,17,18). The lowest BCUT2D eigenvalue weighted by molar-refractivity contribution is -0.135. The third-order valence-electron chi connectivity index (χ3n) is 3.84. The Hall–Kier alpha value is -1.51. The Labute approximate surface area is 108 Å². The molecule has 1 heterocycles. The number of benzene rings is 1. The van der Waals surface area contributed by atoms with Gasteiger partial charge in [0, 0.05) is 11.2 Å². The number of hydrogen-bond donors (Lipinski definition) is 1. The van der Waals surface area contributed by atoms with Crippen LogP contribution < -0.4 is 4.90 Å². The second kappa shape index (κ2) is 4.30. The third kappa shape index (κ3) is 2.22. The van der Waals surface area contributed by atoms with Gasteiger partial charge in [-0.2, -0.15) is 0 Å². The number of fused-ring (bicyclic) bond motifs is 1. The van der Waals surface area contributed by atoms with Crippen LogP contribution in [0.25, 0.3) is 0 Å². The van der Waals surface area contributed by atoms with Gasteiger partial charge in [0.05, 0.1) is 0 Å². The minimum Gasteiger partial charge on any atom is -0.480 e. The topological polar surface area (TPSA) is 40.5 Å². The van der Waals surface area contributed by atoms with Crippen molar-refractivity contribution in [2.45, 2.75) is 45.6 Å². The maximum absolute atomic E-state index is 11.1. The molecule has 0 fully saturated rings. The summed E-state index contributed by atoms with van der Waals surface area (Å²) in [6, 6.07) is 6.35. The maximum Gasteiger partial charge on any atom is 0.323 e. The zero-order chi connectivity index (χ0) is 13.5. The molecule has 1 aromatic carbocycles. The molecular weight excluding hydrogens is 226 g/mol. The van der Waals surface area contributed by atoms with Crippen LogP contribution in [0.2, 0.25) is 0 Å². The summed E-state index contributed by atoms with van der Waals surface area (Å²) in [7, 11) is 0. The summed E-state index contributed by atoms with van der Waals surface area (Å²) in [4.78, 5) is 13.1. The van der Waals surface area contributed by atoms with Gasteiger partial charge in [0.1, 0.15) is 6.54 Å². The lowest BCUT2D eigenvalue weighted by Crippen LogP contribution is -2.50. The lowest BCUT2D eigenvalue weighted by Gasteiger charge is -2.46. The Kier molecular flexibility index (Phi) is 3.09. The van der Waals surface area contributed by atoms with Crippen molar-refractivity contribution in [3.05, 3.63) is 29.3 Å². The van der Waals surface area contributed by atoms with E-state index in [0.717, 1.165) is 12.1 Å². The van der Waals surface area contributed by atoms with E-state index in [9.17, 15) is 4.79 Å². The second-order valence-electron chi connectivity index (χ2n) is 5.96. The zero-order valence-electron chi connectivity index (χ0n) is 11.5. The van der Waals surface area contributed by atoms with Crippen molar-refractivity contribution in [1.29, 1.82) is 0 Å². The summed E-state index contributed by atoms with van der Waals surface area (Å²) in [6.45, 7) is 8.57. The molecule has 18 heavy (non-hydrogen) atoms. The molecule has 0 amide bonds. The number of carboxylic acid groups (broad SMARTS) is 1. The van der Waals surface area contributed by atoms with E-state index in [1.54, 1.807) is 0 Å². The quantitative estimate of drug-likeness (QED) is 0.872. The highest BCUT2D eigenvalue weighted by Crippen LogP contribution is 2.43. The average molecular weight is 247 g/mol. The molecule has 0 aromatic heterocycles. The highest BCUT2D eigenvalue weighted by Gasteiger charge is 2.37. The molecule has 0 bridgehead atoms. The van der Waals surface area contributed by atoms with E-state index < -0.39 is 5.97 Å². The van der Waals surface area contributed by atoms with Gasteiger partial charge in [-0.1, -0.05) is 19.1 Å². The molecule has 1 N–H and O–H groups in total. The fourth-order valence-electron chi connectivity index (χ4n) is 3.03. The Balaban J connectivity index is 2.52. The average Bonchev–Trinajstić information content (AvgIpc) is 2.23. The van der Waals surface area contributed by atoms with Crippen LogP contribution in [0.15, 0.2) is 18.2 Å². The fourth-order valence-corrected chi connectivity index (χ4v) is 3.03. The lowest BCUT2D eigenvalue weighted by atomic mass is 9.80. The summed E-state index contributed by atoms with van der Waals surface area (Å²) in [5.74, 6) is -0.300. The fraction of sp³-hybridized carbons (Fsp3) is 0.533. The van der Waals surface area contributed by atoms with Crippen molar-refractivity contribution in [3.8, 4) is 0 Å². The Morgan fingerprint density at radius 2 is 2.17 bits per heavy atom. The molecule has 0 saturated heterocycles. The number of rotatable bonds is 2. The van der Waals surface area contributed by atoms with Crippen molar-refractivity contribution >= 4 is 11.7 Å². The predicted molar refractivity (Wildman–Crippen MR) is 73.3 cm³/mol. The van der Waals surface area contributed by atoms with Crippen LogP contribution in [0.1, 0.15) is 44.2 Å². The molecule has 0 spiro atoms. The Morgan fingerprint density at radius 1 is 1.50 bits per heavy atom. The van der Waals surface area contributed by atoms with Crippen molar-refractivity contribution in [3.63, 3.8) is 0 Å². The van der Waals surface area contributed by atoms with Gasteiger partial charge in [-0.15, -0.1) is 0 Å². The Bertz CT molecular complexity index is 479. The molecule has 3 heteroatoms. The minimum absolute atomic E-state index is 0.0656. The van der Waals surface area contributed by atoms with Crippen molar-refractivity contribution < 1.29 is 9.90 Å². The van der Waals surface area contributed by atoms with Crippen LogP contribution in [-0.4, -0.2) is 23.2 Å². The largest absolute Gasteiger partial charge is 0.480 e. The molecule has 0 saturated carbocycles. The van der Waals surface area contributed by atoms with Crippen LogP contribution in [0.5, 0.6) is 0 Å². The Morgan fingerprint density at radius 3 is 2.78 bits per heavy atom. The van der Waals surface area contributed by atoms with Gasteiger partial charge in [-0.25, -0.2) is 0 Å². The van der Waals surface area contributed by atoms with Gasteiger partial charge in [0.2, 0.25) is 0 Å². The first-order valence-electron chi connectivity index (χ1n) is 6.41. The monoisotopic (exact) mass is 247 g/mol.